The Labute approximate surface area is 164 Å². The number of ether oxygens (including phenoxy) is 1. The van der Waals surface area contributed by atoms with Crippen molar-refractivity contribution in [3.63, 3.8) is 0 Å². The molecule has 0 radical (unpaired) electrons. The Kier molecular flexibility index (Phi) is 6.98. The maximum Gasteiger partial charge on any atom is 0.270 e. The molecule has 0 aliphatic carbocycles. The third-order valence-corrected chi connectivity index (χ3v) is 4.67. The molecule has 144 valence electrons. The van der Waals surface area contributed by atoms with E-state index in [1.165, 1.54) is 0 Å². The van der Waals surface area contributed by atoms with Crippen molar-refractivity contribution in [1.82, 2.24) is 20.2 Å². The molecule has 27 heavy (non-hydrogen) atoms. The van der Waals surface area contributed by atoms with Gasteiger partial charge in [-0.15, -0.1) is 0 Å². The van der Waals surface area contributed by atoms with Gasteiger partial charge in [-0.05, 0) is 18.6 Å². The number of hydrogen-bond acceptors (Lipinski definition) is 6. The second-order valence-corrected chi connectivity index (χ2v) is 6.75. The first-order chi connectivity index (χ1) is 13.1. The highest BCUT2D eigenvalue weighted by Crippen LogP contribution is 2.16. The van der Waals surface area contributed by atoms with E-state index in [0.29, 0.717) is 35.4 Å². The normalized spacial score (nSPS) is 14.7. The standard InChI is InChI=1S/C19H24ClN5O2/c1-14-23-17(19(26)21-6-7-25-8-10-27-11-9-25)12-18(24-14)22-13-15-4-2-3-5-16(15)20/h2-5,12H,6-11,13H2,1H3,(H,21,26)(H,22,23,24). The predicted octanol–water partition coefficient (Wildman–Crippen LogP) is 2.11. The number of halogens is 1. The lowest BCUT2D eigenvalue weighted by Crippen LogP contribution is -2.41. The van der Waals surface area contributed by atoms with E-state index in [1.54, 1.807) is 13.0 Å². The fourth-order valence-corrected chi connectivity index (χ4v) is 3.05. The molecule has 1 aliphatic heterocycles. The summed E-state index contributed by atoms with van der Waals surface area (Å²) in [4.78, 5) is 23.3. The minimum absolute atomic E-state index is 0.199. The van der Waals surface area contributed by atoms with Crippen molar-refractivity contribution < 1.29 is 9.53 Å². The molecule has 1 aromatic carbocycles. The van der Waals surface area contributed by atoms with Gasteiger partial charge in [0.25, 0.3) is 5.91 Å². The van der Waals surface area contributed by atoms with E-state index in [4.69, 9.17) is 16.3 Å². The quantitative estimate of drug-likeness (QED) is 0.755. The number of hydrogen-bond donors (Lipinski definition) is 2. The Hall–Kier alpha value is -2.22. The van der Waals surface area contributed by atoms with Crippen LogP contribution >= 0.6 is 11.6 Å². The molecule has 1 saturated heterocycles. The Bertz CT molecular complexity index is 780. The molecule has 1 fully saturated rings. The van der Waals surface area contributed by atoms with Crippen molar-refractivity contribution >= 4 is 23.3 Å². The van der Waals surface area contributed by atoms with Gasteiger partial charge in [0.1, 0.15) is 17.3 Å². The van der Waals surface area contributed by atoms with Crippen LogP contribution < -0.4 is 10.6 Å². The minimum Gasteiger partial charge on any atom is -0.379 e. The number of rotatable bonds is 7. The first-order valence-electron chi connectivity index (χ1n) is 9.03. The van der Waals surface area contributed by atoms with E-state index in [-0.39, 0.29) is 5.91 Å². The number of nitrogens with one attached hydrogen (secondary N) is 2. The zero-order valence-corrected chi connectivity index (χ0v) is 16.1. The number of morpholine rings is 1. The second-order valence-electron chi connectivity index (χ2n) is 6.34. The van der Waals surface area contributed by atoms with Crippen molar-refractivity contribution in [1.29, 1.82) is 0 Å². The molecule has 0 spiro atoms. The van der Waals surface area contributed by atoms with Crippen LogP contribution in [-0.2, 0) is 11.3 Å². The van der Waals surface area contributed by atoms with Gasteiger partial charge in [0.05, 0.1) is 13.2 Å². The lowest BCUT2D eigenvalue weighted by molar-refractivity contribution is 0.0383. The molecule has 1 aliphatic rings. The van der Waals surface area contributed by atoms with Gasteiger partial charge in [-0.2, -0.15) is 0 Å². The molecule has 2 N–H and O–H groups in total. The Balaban J connectivity index is 1.55. The summed E-state index contributed by atoms with van der Waals surface area (Å²) in [5, 5.41) is 6.82. The van der Waals surface area contributed by atoms with Crippen LogP contribution in [0.25, 0.3) is 0 Å². The molecule has 0 atom stereocenters. The van der Waals surface area contributed by atoms with Gasteiger partial charge >= 0.3 is 0 Å². The molecule has 2 aromatic rings. The summed E-state index contributed by atoms with van der Waals surface area (Å²) in [6.45, 7) is 6.97. The van der Waals surface area contributed by atoms with Crippen LogP contribution in [0.2, 0.25) is 5.02 Å². The summed E-state index contributed by atoms with van der Waals surface area (Å²) >= 11 is 6.18. The summed E-state index contributed by atoms with van der Waals surface area (Å²) in [6, 6.07) is 9.27. The number of aryl methyl sites for hydroxylation is 1. The van der Waals surface area contributed by atoms with E-state index in [2.05, 4.69) is 25.5 Å². The summed E-state index contributed by atoms with van der Waals surface area (Å²) < 4.78 is 5.32. The van der Waals surface area contributed by atoms with Gasteiger partial charge in [-0.1, -0.05) is 29.8 Å². The zero-order valence-electron chi connectivity index (χ0n) is 15.4. The molecule has 0 saturated carbocycles. The number of aromatic nitrogens is 2. The van der Waals surface area contributed by atoms with Gasteiger partial charge in [-0.25, -0.2) is 9.97 Å². The van der Waals surface area contributed by atoms with Gasteiger partial charge < -0.3 is 15.4 Å². The average molecular weight is 390 g/mol. The minimum atomic E-state index is -0.199. The third kappa shape index (κ3) is 5.89. The topological polar surface area (TPSA) is 79.4 Å². The molecular formula is C19H24ClN5O2. The summed E-state index contributed by atoms with van der Waals surface area (Å²) in [5.74, 6) is 0.938. The van der Waals surface area contributed by atoms with Crippen molar-refractivity contribution in [2.75, 3.05) is 44.7 Å². The van der Waals surface area contributed by atoms with Crippen LogP contribution in [0.1, 0.15) is 21.9 Å². The maximum atomic E-state index is 12.4. The summed E-state index contributed by atoms with van der Waals surface area (Å²) in [6.07, 6.45) is 0. The lowest BCUT2D eigenvalue weighted by Gasteiger charge is -2.26. The number of nitrogens with zero attached hydrogens (tertiary/aromatic N) is 3. The molecule has 8 heteroatoms. The van der Waals surface area contributed by atoms with E-state index >= 15 is 0 Å². The fraction of sp³-hybridized carbons (Fsp3) is 0.421. The summed E-state index contributed by atoms with van der Waals surface area (Å²) in [7, 11) is 0. The van der Waals surface area contributed by atoms with Crippen LogP contribution in [0.4, 0.5) is 5.82 Å². The smallest absolute Gasteiger partial charge is 0.270 e. The van der Waals surface area contributed by atoms with Crippen molar-refractivity contribution in [2.45, 2.75) is 13.5 Å². The highest BCUT2D eigenvalue weighted by atomic mass is 35.5. The Morgan fingerprint density at radius 1 is 1.26 bits per heavy atom. The number of amides is 1. The number of carbonyl (C=O) groups is 1. The van der Waals surface area contributed by atoms with Crippen LogP contribution in [0, 0.1) is 6.92 Å². The Morgan fingerprint density at radius 3 is 2.81 bits per heavy atom. The SMILES string of the molecule is Cc1nc(NCc2ccccc2Cl)cc(C(=O)NCCN2CCOCC2)n1. The van der Waals surface area contributed by atoms with Gasteiger partial charge in [0.2, 0.25) is 0 Å². The van der Waals surface area contributed by atoms with Crippen LogP contribution in [0.15, 0.2) is 30.3 Å². The van der Waals surface area contributed by atoms with E-state index in [1.807, 2.05) is 24.3 Å². The van der Waals surface area contributed by atoms with Crippen molar-refractivity contribution in [3.05, 3.63) is 52.4 Å². The number of benzene rings is 1. The van der Waals surface area contributed by atoms with Crippen LogP contribution in [0.3, 0.4) is 0 Å². The molecule has 1 amide bonds. The lowest BCUT2D eigenvalue weighted by atomic mass is 10.2. The molecule has 2 heterocycles. The zero-order chi connectivity index (χ0) is 19.1. The Morgan fingerprint density at radius 2 is 2.04 bits per heavy atom. The third-order valence-electron chi connectivity index (χ3n) is 4.31. The predicted molar refractivity (Wildman–Crippen MR) is 105 cm³/mol. The number of carbonyl (C=O) groups excluding carboxylic acids is 1. The molecule has 3 rings (SSSR count). The van der Waals surface area contributed by atoms with Crippen molar-refractivity contribution in [2.24, 2.45) is 0 Å². The van der Waals surface area contributed by atoms with Crippen molar-refractivity contribution in [3.8, 4) is 0 Å². The maximum absolute atomic E-state index is 12.4. The fourth-order valence-electron chi connectivity index (χ4n) is 2.84. The second kappa shape index (κ2) is 9.64. The monoisotopic (exact) mass is 389 g/mol. The highest BCUT2D eigenvalue weighted by Gasteiger charge is 2.13. The van der Waals surface area contributed by atoms with Crippen LogP contribution in [-0.4, -0.2) is 60.2 Å². The first kappa shape index (κ1) is 19.5. The van der Waals surface area contributed by atoms with E-state index in [0.717, 1.165) is 38.4 Å². The van der Waals surface area contributed by atoms with Gasteiger partial charge in [-0.3, -0.25) is 9.69 Å². The number of anilines is 1. The summed E-state index contributed by atoms with van der Waals surface area (Å²) in [5.41, 5.74) is 1.32. The van der Waals surface area contributed by atoms with E-state index in [9.17, 15) is 4.79 Å². The molecule has 0 bridgehead atoms. The van der Waals surface area contributed by atoms with E-state index < -0.39 is 0 Å². The van der Waals surface area contributed by atoms with Gasteiger partial charge in [0, 0.05) is 43.8 Å². The molecular weight excluding hydrogens is 366 g/mol. The average Bonchev–Trinajstić information content (AvgIpc) is 2.68. The molecule has 0 unspecified atom stereocenters. The van der Waals surface area contributed by atoms with Crippen LogP contribution in [0.5, 0.6) is 0 Å². The molecule has 7 nitrogen and oxygen atoms in total. The largest absolute Gasteiger partial charge is 0.379 e. The van der Waals surface area contributed by atoms with Gasteiger partial charge in [0.15, 0.2) is 0 Å². The molecule has 1 aromatic heterocycles. The highest BCUT2D eigenvalue weighted by molar-refractivity contribution is 6.31. The first-order valence-corrected chi connectivity index (χ1v) is 9.41.